The van der Waals surface area contributed by atoms with Gasteiger partial charge in [0.15, 0.2) is 0 Å². The first-order valence-corrected chi connectivity index (χ1v) is 5.03. The van der Waals surface area contributed by atoms with Crippen LogP contribution in [0.1, 0.15) is 6.23 Å². The van der Waals surface area contributed by atoms with E-state index < -0.39 is 0 Å². The molecule has 2 atom stereocenters. The largest absolute Gasteiger partial charge is 0.370 e. The van der Waals surface area contributed by atoms with Gasteiger partial charge < -0.3 is 14.1 Å². The first-order chi connectivity index (χ1) is 7.83. The second-order valence-electron chi connectivity index (χ2n) is 3.89. The van der Waals surface area contributed by atoms with Gasteiger partial charge >= 0.3 is 0 Å². The van der Waals surface area contributed by atoms with Crippen LogP contribution in [-0.4, -0.2) is 25.7 Å². The van der Waals surface area contributed by atoms with Crippen molar-refractivity contribution in [3.63, 3.8) is 0 Å². The van der Waals surface area contributed by atoms with Gasteiger partial charge in [-0.3, -0.25) is 4.68 Å². The molecule has 0 unspecified atom stereocenters. The van der Waals surface area contributed by atoms with E-state index in [-0.39, 0.29) is 50.6 Å². The summed E-state index contributed by atoms with van der Waals surface area (Å²) in [5.41, 5.74) is 1.14. The molecule has 2 aromatic heterocycles. The Balaban J connectivity index is 0.000000902. The molecule has 83 valence electrons. The van der Waals surface area contributed by atoms with Gasteiger partial charge in [-0.05, 0) is 6.08 Å². The fourth-order valence-corrected chi connectivity index (χ4v) is 2.22. The molecule has 0 spiro atoms. The predicted octanol–water partition coefficient (Wildman–Crippen LogP) is -0.142. The van der Waals surface area contributed by atoms with Crippen LogP contribution >= 0.6 is 0 Å². The molecule has 0 saturated heterocycles. The van der Waals surface area contributed by atoms with Gasteiger partial charge in [0.25, 0.3) is 0 Å². The zero-order valence-electron chi connectivity index (χ0n) is 8.78. The molecule has 0 saturated carbocycles. The Bertz CT molecular complexity index is 674. The Morgan fingerprint density at radius 2 is 2.35 bits per heavy atom. The van der Waals surface area contributed by atoms with Crippen LogP contribution in [0.15, 0.2) is 23.0 Å². The van der Waals surface area contributed by atoms with Gasteiger partial charge in [0.2, 0.25) is 0 Å². The minimum atomic E-state index is -0.339. The molecule has 1 radical (unpaired) electrons. The summed E-state index contributed by atoms with van der Waals surface area (Å²) in [7, 11) is 0. The molecule has 0 fully saturated rings. The van der Waals surface area contributed by atoms with Crippen LogP contribution in [0.2, 0.25) is 0 Å². The van der Waals surface area contributed by atoms with Crippen molar-refractivity contribution in [3.05, 3.63) is 34.6 Å². The van der Waals surface area contributed by atoms with Crippen molar-refractivity contribution in [1.29, 1.82) is 0 Å². The minimum absolute atomic E-state index is 0. The summed E-state index contributed by atoms with van der Waals surface area (Å²) >= 11 is 0. The van der Waals surface area contributed by atoms with E-state index in [1.165, 1.54) is 6.07 Å². The quantitative estimate of drug-likeness (QED) is 0.502. The normalized spacial score (nSPS) is 24.7. The Kier molecular flexibility index (Phi) is 2.54. The average molecular weight is 304 g/mol. The van der Waals surface area contributed by atoms with E-state index >= 15 is 0 Å². The second kappa shape index (κ2) is 3.83. The zero-order valence-corrected chi connectivity index (χ0v) is 11.6. The number of pyridine rings is 1. The average Bonchev–Trinajstić information content (AvgIpc) is 2.82. The van der Waals surface area contributed by atoms with Crippen LogP contribution < -0.4 is 5.56 Å². The van der Waals surface area contributed by atoms with Gasteiger partial charge in [-0.2, -0.15) is 5.10 Å². The molecule has 17 heavy (non-hydrogen) atoms. The SMILES string of the molecule is O=c1c[c-]c2nnn3c2n1[C@H]1C=C[C@@H](C3)O1.[Y]. The Labute approximate surface area is 121 Å². The molecule has 6 nitrogen and oxygen atoms in total. The number of hydrogen-bond acceptors (Lipinski definition) is 4. The van der Waals surface area contributed by atoms with Gasteiger partial charge in [-0.1, -0.05) is 11.3 Å². The minimum Gasteiger partial charge on any atom is -0.370 e. The molecule has 0 aromatic carbocycles. The summed E-state index contributed by atoms with van der Waals surface area (Å²) < 4.78 is 8.94. The summed E-state index contributed by atoms with van der Waals surface area (Å²) in [6, 6.07) is 4.20. The van der Waals surface area contributed by atoms with E-state index in [0.717, 1.165) is 0 Å². The summed E-state index contributed by atoms with van der Waals surface area (Å²) in [5, 5.41) is 7.99. The monoisotopic (exact) mass is 304 g/mol. The van der Waals surface area contributed by atoms with Crippen molar-refractivity contribution < 1.29 is 37.4 Å². The van der Waals surface area contributed by atoms with Gasteiger partial charge in [0.05, 0.1) is 18.3 Å². The Hall–Kier alpha value is -0.846. The molecule has 4 rings (SSSR count). The molecule has 2 aliphatic heterocycles. The van der Waals surface area contributed by atoms with Crippen LogP contribution in [0.5, 0.6) is 0 Å². The summed E-state index contributed by atoms with van der Waals surface area (Å²) in [5.74, 6) is 0. The molecule has 2 aliphatic rings. The van der Waals surface area contributed by atoms with E-state index in [1.54, 1.807) is 9.25 Å². The van der Waals surface area contributed by atoms with Crippen LogP contribution in [0.3, 0.4) is 0 Å². The standard InChI is InChI=1S/C10H7N4O2.Y/c15-8-3-2-7-10-13(12-11-7)5-6-1-4-9(16-6)14(8)10;/h1,3-4,6,9H,5H2;/q-1;/t6-,9+;/m0./s1. The maximum atomic E-state index is 11.8. The van der Waals surface area contributed by atoms with Crippen molar-refractivity contribution in [2.75, 3.05) is 0 Å². The molecule has 2 bridgehead atoms. The molecular formula is C10H7N4O2Y-. The van der Waals surface area contributed by atoms with Gasteiger partial charge in [0.1, 0.15) is 11.8 Å². The molecule has 4 heterocycles. The number of rotatable bonds is 0. The Morgan fingerprint density at radius 1 is 1.47 bits per heavy atom. The van der Waals surface area contributed by atoms with Crippen LogP contribution in [0.25, 0.3) is 11.2 Å². The Morgan fingerprint density at radius 3 is 3.24 bits per heavy atom. The number of ether oxygens (including phenoxy) is 1. The number of fused-ring (bicyclic) bond motifs is 3. The van der Waals surface area contributed by atoms with Crippen LogP contribution in [0, 0.1) is 6.07 Å². The zero-order chi connectivity index (χ0) is 10.7. The van der Waals surface area contributed by atoms with E-state index in [1.807, 2.05) is 12.2 Å². The predicted molar refractivity (Wildman–Crippen MR) is 53.7 cm³/mol. The first-order valence-electron chi connectivity index (χ1n) is 5.03. The third-order valence-corrected chi connectivity index (χ3v) is 2.92. The molecule has 0 amide bonds. The summed E-state index contributed by atoms with van der Waals surface area (Å²) in [6.07, 6.45) is 3.47. The maximum absolute atomic E-state index is 11.8. The van der Waals surface area contributed by atoms with E-state index in [2.05, 4.69) is 16.4 Å². The maximum Gasteiger partial charge on any atom is 0.139 e. The summed E-state index contributed by atoms with van der Waals surface area (Å²) in [4.78, 5) is 11.8. The van der Waals surface area contributed by atoms with Crippen molar-refractivity contribution in [3.8, 4) is 0 Å². The third kappa shape index (κ3) is 1.48. The first kappa shape index (κ1) is 11.3. The van der Waals surface area contributed by atoms with Crippen molar-refractivity contribution in [2.45, 2.75) is 18.9 Å². The van der Waals surface area contributed by atoms with Crippen molar-refractivity contribution >= 4 is 11.2 Å². The number of nitrogens with zero attached hydrogens (tertiary/aromatic N) is 4. The van der Waals surface area contributed by atoms with Gasteiger partial charge in [-0.15, -0.1) is 12.1 Å². The fraction of sp³-hybridized carbons (Fsp3) is 0.300. The van der Waals surface area contributed by atoms with Crippen LogP contribution in [0.4, 0.5) is 0 Å². The van der Waals surface area contributed by atoms with E-state index in [4.69, 9.17) is 4.74 Å². The van der Waals surface area contributed by atoms with E-state index in [9.17, 15) is 4.79 Å². The molecule has 0 N–H and O–H groups in total. The van der Waals surface area contributed by atoms with E-state index in [0.29, 0.717) is 17.7 Å². The number of hydrogen-bond donors (Lipinski definition) is 0. The number of aromatic nitrogens is 4. The molecular weight excluding hydrogens is 297 g/mol. The van der Waals surface area contributed by atoms with Gasteiger partial charge in [-0.25, -0.2) is 0 Å². The van der Waals surface area contributed by atoms with Crippen molar-refractivity contribution in [1.82, 2.24) is 19.6 Å². The summed E-state index contributed by atoms with van der Waals surface area (Å²) in [6.45, 7) is 0.584. The fourth-order valence-electron chi connectivity index (χ4n) is 2.22. The molecule has 2 aromatic rings. The smallest absolute Gasteiger partial charge is 0.139 e. The molecule has 0 aliphatic carbocycles. The third-order valence-electron chi connectivity index (χ3n) is 2.92. The topological polar surface area (TPSA) is 61.9 Å². The second-order valence-corrected chi connectivity index (χ2v) is 3.89. The van der Waals surface area contributed by atoms with Gasteiger partial charge in [0, 0.05) is 38.2 Å². The van der Waals surface area contributed by atoms with Crippen molar-refractivity contribution in [2.24, 2.45) is 0 Å². The van der Waals surface area contributed by atoms with Crippen LogP contribution in [-0.2, 0) is 44.0 Å². The molecule has 7 heteroatoms.